The van der Waals surface area contributed by atoms with Gasteiger partial charge in [-0.05, 0) is 31.5 Å². The largest absolute Gasteiger partial charge is 0.348 e. The molecule has 0 fully saturated rings. The molecule has 0 aliphatic carbocycles. The smallest absolute Gasteiger partial charge is 0.249 e. The van der Waals surface area contributed by atoms with Gasteiger partial charge in [-0.15, -0.1) is 5.10 Å². The van der Waals surface area contributed by atoms with Crippen LogP contribution in [-0.4, -0.2) is 21.2 Å². The first-order valence-electron chi connectivity index (χ1n) is 8.05. The van der Waals surface area contributed by atoms with Crippen molar-refractivity contribution in [3.63, 3.8) is 0 Å². The summed E-state index contributed by atoms with van der Waals surface area (Å²) in [5, 5.41) is 11.4. The van der Waals surface area contributed by atoms with Crippen molar-refractivity contribution in [1.82, 2.24) is 15.2 Å². The Morgan fingerprint density at radius 2 is 1.62 bits per heavy atom. The molecular weight excluding hydrogens is 298 g/mol. The summed E-state index contributed by atoms with van der Waals surface area (Å²) >= 11 is 0. The number of nitrogens with zero attached hydrogens (tertiary/aromatic N) is 4. The molecule has 5 nitrogen and oxygen atoms in total. The van der Waals surface area contributed by atoms with Crippen LogP contribution in [0, 0.1) is 0 Å². The van der Waals surface area contributed by atoms with Crippen molar-refractivity contribution in [3.8, 4) is 0 Å². The zero-order chi connectivity index (χ0) is 16.8. The van der Waals surface area contributed by atoms with Crippen molar-refractivity contribution in [2.24, 2.45) is 0 Å². The monoisotopic (exact) mass is 319 g/mol. The van der Waals surface area contributed by atoms with Gasteiger partial charge in [0.25, 0.3) is 0 Å². The van der Waals surface area contributed by atoms with E-state index in [1.54, 1.807) is 6.20 Å². The second-order valence-corrected chi connectivity index (χ2v) is 5.84. The molecule has 0 saturated heterocycles. The summed E-state index contributed by atoms with van der Waals surface area (Å²) in [6.07, 6.45) is 1.71. The quantitative estimate of drug-likeness (QED) is 0.743. The lowest BCUT2D eigenvalue weighted by atomic mass is 10.2. The minimum atomic E-state index is 0.298. The fourth-order valence-corrected chi connectivity index (χ4v) is 2.45. The van der Waals surface area contributed by atoms with Crippen LogP contribution in [0.25, 0.3) is 0 Å². The Labute approximate surface area is 142 Å². The summed E-state index contributed by atoms with van der Waals surface area (Å²) in [7, 11) is 0. The van der Waals surface area contributed by atoms with E-state index in [9.17, 15) is 0 Å². The van der Waals surface area contributed by atoms with E-state index in [2.05, 4.69) is 63.5 Å². The number of nitrogens with one attached hydrogen (secondary N) is 1. The van der Waals surface area contributed by atoms with Gasteiger partial charge in [0.2, 0.25) is 5.95 Å². The lowest BCUT2D eigenvalue weighted by Crippen LogP contribution is -2.31. The highest BCUT2D eigenvalue weighted by atomic mass is 15.3. The molecule has 0 bridgehead atoms. The van der Waals surface area contributed by atoms with Crippen LogP contribution in [0.2, 0.25) is 0 Å². The normalized spacial score (nSPS) is 10.6. The summed E-state index contributed by atoms with van der Waals surface area (Å²) in [5.74, 6) is 1.31. The third-order valence-corrected chi connectivity index (χ3v) is 3.69. The molecular formula is C19H21N5. The molecule has 0 unspecified atom stereocenters. The molecule has 0 atom stereocenters. The molecule has 0 aliphatic rings. The Bertz CT molecular complexity index is 759. The van der Waals surface area contributed by atoms with Crippen LogP contribution < -0.4 is 10.2 Å². The molecule has 3 aromatic rings. The molecule has 24 heavy (non-hydrogen) atoms. The van der Waals surface area contributed by atoms with E-state index in [4.69, 9.17) is 0 Å². The predicted octanol–water partition coefficient (Wildman–Crippen LogP) is 4.03. The van der Waals surface area contributed by atoms with Crippen LogP contribution in [0.1, 0.15) is 19.4 Å². The zero-order valence-corrected chi connectivity index (χ0v) is 13.9. The lowest BCUT2D eigenvalue weighted by Gasteiger charge is -2.27. The molecule has 3 rings (SSSR count). The van der Waals surface area contributed by atoms with E-state index in [0.717, 1.165) is 18.1 Å². The molecule has 0 amide bonds. The number of hydrogen-bond acceptors (Lipinski definition) is 5. The first-order chi connectivity index (χ1) is 11.7. The number of aromatic nitrogens is 3. The van der Waals surface area contributed by atoms with Crippen LogP contribution in [0.5, 0.6) is 0 Å². The fourth-order valence-electron chi connectivity index (χ4n) is 2.45. The van der Waals surface area contributed by atoms with Gasteiger partial charge in [-0.2, -0.15) is 10.1 Å². The highest BCUT2D eigenvalue weighted by Gasteiger charge is 2.14. The van der Waals surface area contributed by atoms with Gasteiger partial charge >= 0.3 is 0 Å². The molecule has 2 aromatic carbocycles. The van der Waals surface area contributed by atoms with E-state index in [-0.39, 0.29) is 0 Å². The average Bonchev–Trinajstić information content (AvgIpc) is 2.61. The summed E-state index contributed by atoms with van der Waals surface area (Å²) in [5.41, 5.74) is 2.18. The van der Waals surface area contributed by atoms with Crippen LogP contribution in [0.15, 0.2) is 66.9 Å². The van der Waals surface area contributed by atoms with Gasteiger partial charge in [-0.25, -0.2) is 0 Å². The summed E-state index contributed by atoms with van der Waals surface area (Å²) in [4.78, 5) is 6.84. The Hall–Kier alpha value is -2.95. The van der Waals surface area contributed by atoms with Crippen molar-refractivity contribution < 1.29 is 0 Å². The van der Waals surface area contributed by atoms with Crippen LogP contribution in [0.3, 0.4) is 0 Å². The molecule has 0 saturated carbocycles. The average molecular weight is 319 g/mol. The van der Waals surface area contributed by atoms with Gasteiger partial charge in [0.15, 0.2) is 5.82 Å². The summed E-state index contributed by atoms with van der Waals surface area (Å²) < 4.78 is 0. The maximum absolute atomic E-state index is 4.63. The minimum Gasteiger partial charge on any atom is -0.348 e. The van der Waals surface area contributed by atoms with Gasteiger partial charge in [0.1, 0.15) is 0 Å². The highest BCUT2D eigenvalue weighted by molar-refractivity contribution is 5.54. The van der Waals surface area contributed by atoms with E-state index in [1.165, 1.54) is 5.56 Å². The van der Waals surface area contributed by atoms with Crippen molar-refractivity contribution in [2.75, 3.05) is 10.2 Å². The summed E-state index contributed by atoms with van der Waals surface area (Å²) in [6, 6.07) is 20.5. The van der Waals surface area contributed by atoms with Crippen LogP contribution >= 0.6 is 0 Å². The van der Waals surface area contributed by atoms with Crippen molar-refractivity contribution in [2.45, 2.75) is 26.4 Å². The van der Waals surface area contributed by atoms with Gasteiger partial charge < -0.3 is 10.2 Å². The third kappa shape index (κ3) is 4.07. The number of benzene rings is 2. The standard InChI is InChI=1S/C19H21N5/c1-15(2)24(14-16-9-5-3-6-10-16)18-13-20-23-19(22-18)21-17-11-7-4-8-12-17/h3-13,15H,14H2,1-2H3,(H,21,22,23). The van der Waals surface area contributed by atoms with Crippen molar-refractivity contribution >= 4 is 17.5 Å². The lowest BCUT2D eigenvalue weighted by molar-refractivity contribution is 0.668. The first kappa shape index (κ1) is 15.9. The van der Waals surface area contributed by atoms with E-state index < -0.39 is 0 Å². The zero-order valence-electron chi connectivity index (χ0n) is 13.9. The highest BCUT2D eigenvalue weighted by Crippen LogP contribution is 2.19. The van der Waals surface area contributed by atoms with Crippen LogP contribution in [-0.2, 0) is 6.54 Å². The Morgan fingerprint density at radius 3 is 2.29 bits per heavy atom. The van der Waals surface area contributed by atoms with Gasteiger partial charge in [-0.3, -0.25) is 0 Å². The molecule has 0 aliphatic heterocycles. The number of anilines is 3. The van der Waals surface area contributed by atoms with E-state index in [1.807, 2.05) is 36.4 Å². The van der Waals surface area contributed by atoms with Crippen molar-refractivity contribution in [1.29, 1.82) is 0 Å². The first-order valence-corrected chi connectivity index (χ1v) is 8.05. The maximum Gasteiger partial charge on any atom is 0.249 e. The summed E-state index contributed by atoms with van der Waals surface area (Å²) in [6.45, 7) is 5.08. The molecule has 1 aromatic heterocycles. The number of para-hydroxylation sites is 1. The van der Waals surface area contributed by atoms with Gasteiger partial charge in [0.05, 0.1) is 6.20 Å². The fraction of sp³-hybridized carbons (Fsp3) is 0.211. The topological polar surface area (TPSA) is 53.9 Å². The molecule has 5 heteroatoms. The maximum atomic E-state index is 4.63. The minimum absolute atomic E-state index is 0.298. The molecule has 122 valence electrons. The Kier molecular flexibility index (Phi) is 5.01. The Balaban J connectivity index is 1.82. The van der Waals surface area contributed by atoms with E-state index >= 15 is 0 Å². The number of rotatable bonds is 6. The van der Waals surface area contributed by atoms with Crippen molar-refractivity contribution in [3.05, 3.63) is 72.4 Å². The Morgan fingerprint density at radius 1 is 0.958 bits per heavy atom. The van der Waals surface area contributed by atoms with Crippen LogP contribution in [0.4, 0.5) is 17.5 Å². The van der Waals surface area contributed by atoms with E-state index in [0.29, 0.717) is 12.0 Å². The second-order valence-electron chi connectivity index (χ2n) is 5.84. The molecule has 1 heterocycles. The molecule has 1 N–H and O–H groups in total. The molecule has 0 spiro atoms. The third-order valence-electron chi connectivity index (χ3n) is 3.69. The van der Waals surface area contributed by atoms with Gasteiger partial charge in [-0.1, -0.05) is 48.5 Å². The second kappa shape index (κ2) is 7.55. The number of hydrogen-bond donors (Lipinski definition) is 1. The predicted molar refractivity (Wildman–Crippen MR) is 97.3 cm³/mol. The SMILES string of the molecule is CC(C)N(Cc1ccccc1)c1cnnc(Nc2ccccc2)n1. The molecule has 0 radical (unpaired) electrons. The van der Waals surface area contributed by atoms with Gasteiger partial charge in [0, 0.05) is 18.3 Å².